The summed E-state index contributed by atoms with van der Waals surface area (Å²) in [5.41, 5.74) is 1.12. The molecule has 0 aliphatic carbocycles. The van der Waals surface area contributed by atoms with Crippen molar-refractivity contribution in [3.8, 4) is 11.8 Å². The first-order chi connectivity index (χ1) is 11.0. The molecule has 0 aromatic heterocycles. The molecule has 2 unspecified atom stereocenters. The molecule has 2 rings (SSSR count). The van der Waals surface area contributed by atoms with Gasteiger partial charge >= 0.3 is 0 Å². The number of rotatable bonds is 6. The van der Waals surface area contributed by atoms with Crippen LogP contribution in [0.5, 0.6) is 0 Å². The second-order valence-corrected chi connectivity index (χ2v) is 5.88. The lowest BCUT2D eigenvalue weighted by molar-refractivity contribution is -0.154. The minimum absolute atomic E-state index is 0.215. The Balaban J connectivity index is 1.71. The van der Waals surface area contributed by atoms with E-state index >= 15 is 0 Å². The first-order valence-corrected chi connectivity index (χ1v) is 7.76. The lowest BCUT2D eigenvalue weighted by atomic mass is 10.1. The molecule has 1 aromatic carbocycles. The predicted molar refractivity (Wildman–Crippen MR) is 85.4 cm³/mol. The summed E-state index contributed by atoms with van der Waals surface area (Å²) < 4.78 is 16.6. The molecule has 0 bridgehead atoms. The summed E-state index contributed by atoms with van der Waals surface area (Å²) in [4.78, 5) is 0. The van der Waals surface area contributed by atoms with E-state index in [2.05, 4.69) is 11.8 Å². The van der Waals surface area contributed by atoms with E-state index < -0.39 is 24.1 Å². The fraction of sp³-hybridized carbons (Fsp3) is 0.556. The highest BCUT2D eigenvalue weighted by atomic mass is 16.8. The van der Waals surface area contributed by atoms with Crippen LogP contribution in [-0.2, 0) is 20.8 Å². The molecule has 23 heavy (non-hydrogen) atoms. The van der Waals surface area contributed by atoms with Crippen LogP contribution >= 0.6 is 0 Å². The van der Waals surface area contributed by atoms with Crippen molar-refractivity contribution in [1.82, 2.24) is 0 Å². The Labute approximate surface area is 137 Å². The van der Waals surface area contributed by atoms with Crippen LogP contribution in [0.4, 0.5) is 0 Å². The van der Waals surface area contributed by atoms with Crippen molar-refractivity contribution >= 4 is 0 Å². The van der Waals surface area contributed by atoms with Gasteiger partial charge in [-0.3, -0.25) is 0 Å². The number of aliphatic hydroxyl groups excluding tert-OH is 2. The second-order valence-electron chi connectivity index (χ2n) is 5.88. The van der Waals surface area contributed by atoms with Crippen molar-refractivity contribution in [3.63, 3.8) is 0 Å². The van der Waals surface area contributed by atoms with Crippen LogP contribution in [0, 0.1) is 11.8 Å². The van der Waals surface area contributed by atoms with Gasteiger partial charge in [-0.25, -0.2) is 0 Å². The average molecular weight is 320 g/mol. The van der Waals surface area contributed by atoms with Gasteiger partial charge < -0.3 is 24.4 Å². The summed E-state index contributed by atoms with van der Waals surface area (Å²) in [6.45, 7) is 4.31. The molecule has 1 aromatic rings. The van der Waals surface area contributed by atoms with Crippen molar-refractivity contribution in [3.05, 3.63) is 35.9 Å². The van der Waals surface area contributed by atoms with Gasteiger partial charge in [0, 0.05) is 6.42 Å². The Morgan fingerprint density at radius 3 is 2.70 bits per heavy atom. The zero-order valence-corrected chi connectivity index (χ0v) is 13.6. The number of benzene rings is 1. The molecule has 1 aliphatic rings. The molecule has 1 saturated heterocycles. The van der Waals surface area contributed by atoms with Crippen LogP contribution in [0.3, 0.4) is 0 Å². The minimum Gasteiger partial charge on any atom is -0.394 e. The molecule has 3 atom stereocenters. The summed E-state index contributed by atoms with van der Waals surface area (Å²) in [5, 5.41) is 19.4. The molecule has 1 fully saturated rings. The highest BCUT2D eigenvalue weighted by Crippen LogP contribution is 2.29. The van der Waals surface area contributed by atoms with Crippen molar-refractivity contribution in [2.45, 2.75) is 51.0 Å². The zero-order valence-electron chi connectivity index (χ0n) is 13.6. The van der Waals surface area contributed by atoms with Gasteiger partial charge in [0.15, 0.2) is 5.79 Å². The summed E-state index contributed by atoms with van der Waals surface area (Å²) in [6.07, 6.45) is -1.69. The summed E-state index contributed by atoms with van der Waals surface area (Å²) in [5.74, 6) is 4.79. The van der Waals surface area contributed by atoms with Crippen molar-refractivity contribution < 1.29 is 24.4 Å². The highest BCUT2D eigenvalue weighted by Gasteiger charge is 2.44. The lowest BCUT2D eigenvalue weighted by Gasteiger charge is -2.17. The number of hydrogen-bond acceptors (Lipinski definition) is 5. The highest BCUT2D eigenvalue weighted by molar-refractivity contribution is 5.13. The summed E-state index contributed by atoms with van der Waals surface area (Å²) >= 11 is 0. The number of aliphatic hydroxyl groups is 2. The monoisotopic (exact) mass is 320 g/mol. The molecule has 2 N–H and O–H groups in total. The fourth-order valence-corrected chi connectivity index (χ4v) is 2.42. The number of ether oxygens (including phenoxy) is 3. The van der Waals surface area contributed by atoms with Crippen LogP contribution in [0.15, 0.2) is 30.3 Å². The average Bonchev–Trinajstić information content (AvgIpc) is 2.86. The van der Waals surface area contributed by atoms with E-state index in [1.165, 1.54) is 0 Å². The van der Waals surface area contributed by atoms with Crippen LogP contribution in [-0.4, -0.2) is 47.5 Å². The van der Waals surface area contributed by atoms with Gasteiger partial charge in [-0.05, 0) is 19.4 Å². The van der Waals surface area contributed by atoms with Crippen molar-refractivity contribution in [1.29, 1.82) is 0 Å². The third-order valence-electron chi connectivity index (χ3n) is 3.45. The van der Waals surface area contributed by atoms with Gasteiger partial charge in [-0.1, -0.05) is 42.2 Å². The molecule has 5 heteroatoms. The van der Waals surface area contributed by atoms with Crippen LogP contribution < -0.4 is 0 Å². The molecular formula is C18H24O5. The van der Waals surface area contributed by atoms with Gasteiger partial charge in [0.25, 0.3) is 0 Å². The van der Waals surface area contributed by atoms with Gasteiger partial charge in [0.05, 0.1) is 19.8 Å². The predicted octanol–water partition coefficient (Wildman–Crippen LogP) is 1.47. The molecule has 1 heterocycles. The second kappa shape index (κ2) is 8.44. The largest absolute Gasteiger partial charge is 0.394 e. The maximum absolute atomic E-state index is 10.1. The summed E-state index contributed by atoms with van der Waals surface area (Å²) in [6, 6.07) is 9.91. The molecule has 1 aliphatic heterocycles. The van der Waals surface area contributed by atoms with E-state index in [1.807, 2.05) is 30.3 Å². The molecule has 0 radical (unpaired) electrons. The molecule has 5 nitrogen and oxygen atoms in total. The molecule has 0 amide bonds. The summed E-state index contributed by atoms with van der Waals surface area (Å²) in [7, 11) is 0. The van der Waals surface area contributed by atoms with Crippen LogP contribution in [0.1, 0.15) is 25.8 Å². The van der Waals surface area contributed by atoms with Crippen molar-refractivity contribution in [2.75, 3.05) is 13.2 Å². The quantitative estimate of drug-likeness (QED) is 0.614. The zero-order chi connectivity index (χ0) is 16.7. The topological polar surface area (TPSA) is 68.2 Å². The standard InChI is InChI=1S/C18H24O5/c1-18(2)22-16(12-19)17(23-18)15(20)10-6-7-11-21-13-14-8-4-3-5-9-14/h3-5,8-9,15-17,19-20H,7,11-13H2,1-2H3/t15-,16?,17?/m0/s1. The third-order valence-corrected chi connectivity index (χ3v) is 3.45. The van der Waals surface area contributed by atoms with E-state index in [9.17, 15) is 10.2 Å². The first-order valence-electron chi connectivity index (χ1n) is 7.76. The Morgan fingerprint density at radius 1 is 1.26 bits per heavy atom. The van der Waals surface area contributed by atoms with Gasteiger partial charge in [0.1, 0.15) is 18.3 Å². The molecule has 0 spiro atoms. The van der Waals surface area contributed by atoms with Crippen LogP contribution in [0.25, 0.3) is 0 Å². The van der Waals surface area contributed by atoms with E-state index in [0.717, 1.165) is 5.56 Å². The normalized spacial score (nSPS) is 24.0. The van der Waals surface area contributed by atoms with E-state index in [0.29, 0.717) is 19.6 Å². The molecular weight excluding hydrogens is 296 g/mol. The Morgan fingerprint density at radius 2 is 2.00 bits per heavy atom. The maximum Gasteiger partial charge on any atom is 0.164 e. The fourth-order valence-electron chi connectivity index (χ4n) is 2.42. The molecule has 126 valence electrons. The molecule has 0 saturated carbocycles. The Hall–Kier alpha value is -1.42. The first kappa shape index (κ1) is 17.9. The SMILES string of the molecule is CC1(C)OC(CO)C([C@@H](O)C#CCCOCc2ccccc2)O1. The van der Waals surface area contributed by atoms with Gasteiger partial charge in [-0.15, -0.1) is 0 Å². The Bertz CT molecular complexity index is 531. The van der Waals surface area contributed by atoms with E-state index in [1.54, 1.807) is 13.8 Å². The van der Waals surface area contributed by atoms with E-state index in [4.69, 9.17) is 14.2 Å². The number of hydrogen-bond donors (Lipinski definition) is 2. The third kappa shape index (κ3) is 5.61. The van der Waals surface area contributed by atoms with E-state index in [-0.39, 0.29) is 6.61 Å². The Kier molecular flexibility index (Phi) is 6.58. The van der Waals surface area contributed by atoms with Gasteiger partial charge in [-0.2, -0.15) is 0 Å². The van der Waals surface area contributed by atoms with Crippen molar-refractivity contribution in [2.24, 2.45) is 0 Å². The maximum atomic E-state index is 10.1. The minimum atomic E-state index is -0.997. The van der Waals surface area contributed by atoms with Crippen LogP contribution in [0.2, 0.25) is 0 Å². The lowest BCUT2D eigenvalue weighted by Crippen LogP contribution is -2.36. The van der Waals surface area contributed by atoms with Gasteiger partial charge in [0.2, 0.25) is 0 Å². The smallest absolute Gasteiger partial charge is 0.164 e.